The second kappa shape index (κ2) is 7.21. The number of rotatable bonds is 3. The smallest absolute Gasteiger partial charge is 0.277 e. The second-order valence-corrected chi connectivity index (χ2v) is 9.84. The number of carbonyl (C=O) groups excluding carboxylic acids is 1. The van der Waals surface area contributed by atoms with Crippen molar-refractivity contribution in [2.75, 3.05) is 5.32 Å². The maximum absolute atomic E-state index is 13.5. The molecule has 3 aromatic heterocycles. The summed E-state index contributed by atoms with van der Waals surface area (Å²) >= 11 is 3.29. The van der Waals surface area contributed by atoms with Gasteiger partial charge in [0.2, 0.25) is 0 Å². The minimum Gasteiger partial charge on any atom is -0.343 e. The molecule has 1 aromatic carbocycles. The fourth-order valence-electron chi connectivity index (χ4n) is 4.72. The Balaban J connectivity index is 1.52. The monoisotopic (exact) mass is 445 g/mol. The van der Waals surface area contributed by atoms with Gasteiger partial charge in [-0.3, -0.25) is 14.7 Å². The number of thiophene rings is 2. The number of anilines is 1. The van der Waals surface area contributed by atoms with E-state index in [-0.39, 0.29) is 23.2 Å². The van der Waals surface area contributed by atoms with E-state index in [1.165, 1.54) is 4.88 Å². The number of H-pyrrole nitrogens is 1. The number of para-hydroxylation sites is 1. The van der Waals surface area contributed by atoms with Crippen molar-refractivity contribution < 1.29 is 4.79 Å². The van der Waals surface area contributed by atoms with E-state index in [0.29, 0.717) is 17.8 Å². The number of hydrogen-bond acceptors (Lipinski definition) is 5. The van der Waals surface area contributed by atoms with Crippen LogP contribution in [0.15, 0.2) is 81.4 Å². The van der Waals surface area contributed by atoms with E-state index in [2.05, 4.69) is 21.9 Å². The van der Waals surface area contributed by atoms with Gasteiger partial charge in [0, 0.05) is 33.4 Å². The minimum atomic E-state index is -0.336. The van der Waals surface area contributed by atoms with Crippen LogP contribution in [0.3, 0.4) is 0 Å². The highest BCUT2D eigenvalue weighted by Crippen LogP contribution is 2.48. The van der Waals surface area contributed by atoms with Crippen molar-refractivity contribution >= 4 is 34.3 Å². The summed E-state index contributed by atoms with van der Waals surface area (Å²) in [4.78, 5) is 29.2. The van der Waals surface area contributed by atoms with Gasteiger partial charge in [-0.15, -0.1) is 22.7 Å². The van der Waals surface area contributed by atoms with Crippen molar-refractivity contribution in [2.45, 2.75) is 24.7 Å². The van der Waals surface area contributed by atoms with Gasteiger partial charge in [0.05, 0.1) is 17.2 Å². The third kappa shape index (κ3) is 2.96. The third-order valence-electron chi connectivity index (χ3n) is 6.08. The fraction of sp³-hybridized carbons (Fsp3) is 0.167. The summed E-state index contributed by atoms with van der Waals surface area (Å²) in [5, 5.41) is 10.8. The van der Waals surface area contributed by atoms with Crippen LogP contribution in [0, 0.1) is 0 Å². The standard InChI is InChI=1S/C24H19N3O2S2/c28-17-13-14(18-8-4-10-30-18)12-16-20(17)21(19-9-5-11-31-19)22-23(25-16)26-27(24(22)29)15-6-2-1-3-7-15/h1-11,14,21,25-26H,12-13H2/t14-,21?/m0/s1. The molecule has 0 spiro atoms. The van der Waals surface area contributed by atoms with Gasteiger partial charge in [-0.25, -0.2) is 4.68 Å². The summed E-state index contributed by atoms with van der Waals surface area (Å²) < 4.78 is 1.57. The zero-order chi connectivity index (χ0) is 20.9. The summed E-state index contributed by atoms with van der Waals surface area (Å²) in [6.07, 6.45) is 1.25. The molecule has 0 fully saturated rings. The van der Waals surface area contributed by atoms with Crippen molar-refractivity contribution in [3.63, 3.8) is 0 Å². The van der Waals surface area contributed by atoms with Crippen molar-refractivity contribution in [1.29, 1.82) is 0 Å². The lowest BCUT2D eigenvalue weighted by Gasteiger charge is -2.33. The van der Waals surface area contributed by atoms with E-state index in [0.717, 1.165) is 28.3 Å². The predicted octanol–water partition coefficient (Wildman–Crippen LogP) is 5.25. The van der Waals surface area contributed by atoms with Gasteiger partial charge in [0.15, 0.2) is 5.78 Å². The molecule has 1 unspecified atom stereocenters. The van der Waals surface area contributed by atoms with Gasteiger partial charge in [-0.2, -0.15) is 0 Å². The van der Waals surface area contributed by atoms with Crippen LogP contribution in [0.4, 0.5) is 5.82 Å². The summed E-state index contributed by atoms with van der Waals surface area (Å²) in [6, 6.07) is 17.7. The number of nitrogens with zero attached hydrogens (tertiary/aromatic N) is 1. The van der Waals surface area contributed by atoms with Crippen molar-refractivity contribution in [1.82, 2.24) is 9.78 Å². The first-order chi connectivity index (χ1) is 15.2. The minimum absolute atomic E-state index is 0.119. The molecule has 2 atom stereocenters. The molecule has 7 heteroatoms. The molecule has 4 aromatic rings. The van der Waals surface area contributed by atoms with E-state index < -0.39 is 0 Å². The molecular weight excluding hydrogens is 426 g/mol. The lowest BCUT2D eigenvalue weighted by molar-refractivity contribution is -0.116. The zero-order valence-electron chi connectivity index (χ0n) is 16.5. The molecule has 1 aliphatic heterocycles. The summed E-state index contributed by atoms with van der Waals surface area (Å²) in [7, 11) is 0. The van der Waals surface area contributed by atoms with Crippen molar-refractivity contribution in [3.05, 3.63) is 102 Å². The molecular formula is C24H19N3O2S2. The molecule has 0 amide bonds. The lowest BCUT2D eigenvalue weighted by Crippen LogP contribution is -2.31. The normalized spacial score (nSPS) is 20.3. The third-order valence-corrected chi connectivity index (χ3v) is 8.05. The van der Waals surface area contributed by atoms with Crippen LogP contribution in [0.2, 0.25) is 0 Å². The zero-order valence-corrected chi connectivity index (χ0v) is 18.1. The summed E-state index contributed by atoms with van der Waals surface area (Å²) in [6.45, 7) is 0. The number of nitrogens with one attached hydrogen (secondary N) is 2. The number of carbonyl (C=O) groups is 1. The molecule has 1 aliphatic carbocycles. The van der Waals surface area contributed by atoms with Crippen LogP contribution in [0.5, 0.6) is 0 Å². The lowest BCUT2D eigenvalue weighted by atomic mass is 9.76. The molecule has 154 valence electrons. The van der Waals surface area contributed by atoms with Gasteiger partial charge in [0.25, 0.3) is 5.56 Å². The van der Waals surface area contributed by atoms with Crippen LogP contribution in [-0.2, 0) is 4.79 Å². The number of aromatic amines is 1. The fourth-order valence-corrected chi connectivity index (χ4v) is 6.39. The first-order valence-corrected chi connectivity index (χ1v) is 12.0. The summed E-state index contributed by atoms with van der Waals surface area (Å²) in [5.41, 5.74) is 2.95. The SMILES string of the molecule is O=C1C[C@@H](c2cccs2)CC2=C1C(c1cccs1)c1c([nH]n(-c3ccccc3)c1=O)N2. The number of allylic oxidation sites excluding steroid dienone is 2. The molecule has 31 heavy (non-hydrogen) atoms. The van der Waals surface area contributed by atoms with Gasteiger partial charge < -0.3 is 5.32 Å². The maximum atomic E-state index is 13.5. The average Bonchev–Trinajstić information content (AvgIpc) is 3.55. The maximum Gasteiger partial charge on any atom is 0.277 e. The molecule has 0 radical (unpaired) electrons. The Kier molecular flexibility index (Phi) is 4.33. The summed E-state index contributed by atoms with van der Waals surface area (Å²) in [5.74, 6) is 0.651. The Morgan fingerprint density at radius 2 is 1.61 bits per heavy atom. The van der Waals surface area contributed by atoms with Gasteiger partial charge in [0.1, 0.15) is 5.82 Å². The molecule has 6 rings (SSSR count). The van der Waals surface area contributed by atoms with E-state index >= 15 is 0 Å². The van der Waals surface area contributed by atoms with E-state index in [1.807, 2.05) is 53.9 Å². The second-order valence-electron chi connectivity index (χ2n) is 7.89. The molecule has 5 nitrogen and oxygen atoms in total. The predicted molar refractivity (Wildman–Crippen MR) is 125 cm³/mol. The number of Topliss-reactive ketones (excluding diaryl/α,β-unsaturated/α-hetero) is 1. The Labute approximate surface area is 186 Å². The largest absolute Gasteiger partial charge is 0.343 e. The van der Waals surface area contributed by atoms with E-state index in [9.17, 15) is 9.59 Å². The first kappa shape index (κ1) is 18.6. The molecule has 0 saturated carbocycles. The number of hydrogen-bond donors (Lipinski definition) is 2. The molecule has 0 saturated heterocycles. The Hall–Kier alpha value is -3.16. The number of ketones is 1. The first-order valence-electron chi connectivity index (χ1n) is 10.2. The molecule has 0 bridgehead atoms. The molecule has 2 aliphatic rings. The van der Waals surface area contributed by atoms with Crippen LogP contribution >= 0.6 is 22.7 Å². The van der Waals surface area contributed by atoms with Gasteiger partial charge in [-0.1, -0.05) is 30.3 Å². The van der Waals surface area contributed by atoms with E-state index in [1.54, 1.807) is 27.4 Å². The molecule has 4 heterocycles. The highest BCUT2D eigenvalue weighted by atomic mass is 32.1. The van der Waals surface area contributed by atoms with Gasteiger partial charge in [-0.05, 0) is 41.4 Å². The van der Waals surface area contributed by atoms with Crippen LogP contribution in [0.25, 0.3) is 5.69 Å². The Morgan fingerprint density at radius 3 is 2.32 bits per heavy atom. The van der Waals surface area contributed by atoms with Crippen LogP contribution in [0.1, 0.15) is 40.0 Å². The highest BCUT2D eigenvalue weighted by molar-refractivity contribution is 7.10. The Morgan fingerprint density at radius 1 is 0.871 bits per heavy atom. The van der Waals surface area contributed by atoms with Gasteiger partial charge >= 0.3 is 0 Å². The van der Waals surface area contributed by atoms with E-state index in [4.69, 9.17) is 0 Å². The average molecular weight is 446 g/mol. The quantitative estimate of drug-likeness (QED) is 0.453. The molecule has 2 N–H and O–H groups in total. The van der Waals surface area contributed by atoms with Crippen LogP contribution < -0.4 is 10.9 Å². The number of aromatic nitrogens is 2. The Bertz CT molecular complexity index is 1350. The van der Waals surface area contributed by atoms with Crippen molar-refractivity contribution in [3.8, 4) is 5.69 Å². The van der Waals surface area contributed by atoms with Crippen molar-refractivity contribution in [2.24, 2.45) is 0 Å². The number of benzene rings is 1. The topological polar surface area (TPSA) is 66.9 Å². The van der Waals surface area contributed by atoms with Crippen LogP contribution in [-0.4, -0.2) is 15.6 Å². The number of fused-ring (bicyclic) bond motifs is 1. The highest BCUT2D eigenvalue weighted by Gasteiger charge is 2.41.